The molecule has 1 aromatic rings. The molecule has 2 aliphatic rings. The van der Waals surface area contributed by atoms with Crippen LogP contribution in [0.3, 0.4) is 0 Å². The van der Waals surface area contributed by atoms with Crippen LogP contribution < -0.4 is 65.9 Å². The van der Waals surface area contributed by atoms with E-state index in [-0.39, 0.29) is 50.3 Å². The molecule has 0 aliphatic carbocycles. The highest BCUT2D eigenvalue weighted by atomic mass is 33.1. The molecule has 0 bridgehead atoms. The summed E-state index contributed by atoms with van der Waals surface area (Å²) in [6.45, 7) is 3.18. The SMILES string of the molecule is CC[C@H](C)[C@@H]1NC(=O)[C@H](Cc2ccccc2)NC(=O)[C@@H](N)CSSC[C@@H](C(=O)N2CCC[C@H]2C(=O)N[C@@H](CCCN)C(=O)NCC(N)=O)NC(=O)[C@H](CC(N)=O)NC(=O)[C@H](CCC(N)=O)NC1=O. The van der Waals surface area contributed by atoms with Crippen molar-refractivity contribution in [2.75, 3.05) is 31.1 Å². The Labute approximate surface area is 401 Å². The molecule has 11 amide bonds. The fourth-order valence-electron chi connectivity index (χ4n) is 7.21. The Morgan fingerprint density at radius 2 is 1.43 bits per heavy atom. The quantitative estimate of drug-likeness (QED) is 0.0616. The molecule has 0 aromatic heterocycles. The average Bonchev–Trinajstić information content (AvgIpc) is 3.80. The van der Waals surface area contributed by atoms with Crippen molar-refractivity contribution in [1.29, 1.82) is 0 Å². The van der Waals surface area contributed by atoms with Crippen LogP contribution >= 0.6 is 21.6 Å². The molecule has 2 fully saturated rings. The molecule has 2 heterocycles. The average molecular weight is 992 g/mol. The minimum Gasteiger partial charge on any atom is -0.370 e. The number of primary amides is 3. The number of amides is 11. The molecule has 26 heteroatoms. The second-order valence-electron chi connectivity index (χ2n) is 16.5. The summed E-state index contributed by atoms with van der Waals surface area (Å²) in [6, 6.07) is -2.00. The van der Waals surface area contributed by atoms with E-state index >= 15 is 0 Å². The molecule has 0 saturated carbocycles. The summed E-state index contributed by atoms with van der Waals surface area (Å²) in [6.07, 6.45) is -0.293. The first kappa shape index (κ1) is 56.3. The zero-order valence-electron chi connectivity index (χ0n) is 38.1. The van der Waals surface area contributed by atoms with Crippen LogP contribution in [0.5, 0.6) is 0 Å². The predicted molar refractivity (Wildman–Crippen MR) is 252 cm³/mol. The van der Waals surface area contributed by atoms with Crippen LogP contribution in [0.1, 0.15) is 70.8 Å². The maximum Gasteiger partial charge on any atom is 0.246 e. The smallest absolute Gasteiger partial charge is 0.246 e. The number of benzene rings is 1. The van der Waals surface area contributed by atoms with Crippen molar-refractivity contribution < 1.29 is 52.7 Å². The van der Waals surface area contributed by atoms with Crippen molar-refractivity contribution in [3.8, 4) is 0 Å². The fourth-order valence-corrected chi connectivity index (χ4v) is 9.49. The highest BCUT2D eigenvalue weighted by Crippen LogP contribution is 2.26. The lowest BCUT2D eigenvalue weighted by atomic mass is 9.96. The summed E-state index contributed by atoms with van der Waals surface area (Å²) in [5.41, 5.74) is 28.7. The van der Waals surface area contributed by atoms with E-state index in [0.717, 1.165) is 21.6 Å². The number of rotatable bonds is 18. The predicted octanol–water partition coefficient (Wildman–Crippen LogP) is -4.62. The van der Waals surface area contributed by atoms with Crippen LogP contribution in [-0.4, -0.2) is 149 Å². The fraction of sp³-hybridized carbons (Fsp3) is 0.595. The molecule has 24 nitrogen and oxygen atoms in total. The number of hydrogen-bond acceptors (Lipinski definition) is 15. The Kier molecular flexibility index (Phi) is 23.5. The van der Waals surface area contributed by atoms with E-state index in [0.29, 0.717) is 24.8 Å². The van der Waals surface area contributed by atoms with Crippen LogP contribution in [0.15, 0.2) is 30.3 Å². The lowest BCUT2D eigenvalue weighted by Crippen LogP contribution is -2.61. The minimum absolute atomic E-state index is 0.00260. The number of likely N-dealkylation sites (tertiary alicyclic amines) is 1. The van der Waals surface area contributed by atoms with Gasteiger partial charge in [-0.25, -0.2) is 0 Å². The maximum absolute atomic E-state index is 14.5. The van der Waals surface area contributed by atoms with Crippen molar-refractivity contribution in [2.45, 2.75) is 120 Å². The molecule has 0 unspecified atom stereocenters. The van der Waals surface area contributed by atoms with E-state index in [1.165, 1.54) is 4.90 Å². The van der Waals surface area contributed by atoms with Gasteiger partial charge in [0.05, 0.1) is 19.0 Å². The Bertz CT molecular complexity index is 1980. The third-order valence-corrected chi connectivity index (χ3v) is 13.6. The summed E-state index contributed by atoms with van der Waals surface area (Å²) < 4.78 is 0. The minimum atomic E-state index is -1.74. The normalized spacial score (nSPS) is 24.4. The van der Waals surface area contributed by atoms with E-state index in [9.17, 15) is 52.7 Å². The molecule has 68 heavy (non-hydrogen) atoms. The number of carbonyl (C=O) groups excluding carboxylic acids is 11. The van der Waals surface area contributed by atoms with Gasteiger partial charge >= 0.3 is 0 Å². The van der Waals surface area contributed by atoms with Crippen LogP contribution in [0.4, 0.5) is 0 Å². The zero-order valence-corrected chi connectivity index (χ0v) is 39.8. The number of nitrogens with zero attached hydrogens (tertiary/aromatic N) is 1. The standard InChI is InChI=1S/C42H65N13O11S2/c1-3-22(2)34-41(65)50-26(13-14-31(45)56)37(61)52-28(18-32(46)57)38(62)53-29(21-68-67-20-24(44)35(59)51-27(39(63)54-34)17-23-9-5-4-6-10-23)42(66)55-16-8-12-30(55)40(64)49-25(11-7-15-43)36(60)48-19-33(47)58/h4-6,9-10,22,24-30,34H,3,7-8,11-21,43-44H2,1-2H3,(H2,45,56)(H2,46,57)(H2,47,58)(H,48,60)(H,49,64)(H,50,65)(H,51,59)(H,52,61)(H,53,62)(H,54,63)/t22-,24-,25-,26-,27-,28-,29-,30-,34-/m0/s1. The molecule has 3 rings (SSSR count). The summed E-state index contributed by atoms with van der Waals surface area (Å²) in [5.74, 6) is -10.1. The van der Waals surface area contributed by atoms with Gasteiger partial charge in [-0.05, 0) is 50.1 Å². The topological polar surface area (TPSA) is 405 Å². The Morgan fingerprint density at radius 3 is 2.06 bits per heavy atom. The van der Waals surface area contributed by atoms with Gasteiger partial charge in [-0.1, -0.05) is 72.2 Å². The molecule has 9 atom stereocenters. The van der Waals surface area contributed by atoms with Crippen LogP contribution in [0, 0.1) is 5.92 Å². The lowest BCUT2D eigenvalue weighted by Gasteiger charge is -2.31. The summed E-state index contributed by atoms with van der Waals surface area (Å²) in [7, 11) is 2.08. The molecular weight excluding hydrogens is 927 g/mol. The molecule has 0 radical (unpaired) electrons. The molecule has 17 N–H and O–H groups in total. The van der Waals surface area contributed by atoms with Crippen molar-refractivity contribution in [2.24, 2.45) is 34.6 Å². The Hall–Kier alpha value is -5.99. The van der Waals surface area contributed by atoms with Gasteiger partial charge in [0.25, 0.3) is 0 Å². The monoisotopic (exact) mass is 991 g/mol. The second-order valence-corrected chi connectivity index (χ2v) is 19.1. The van der Waals surface area contributed by atoms with Gasteiger partial charge in [0.1, 0.15) is 42.3 Å². The van der Waals surface area contributed by atoms with Gasteiger partial charge in [0.15, 0.2) is 0 Å². The number of carbonyl (C=O) groups is 11. The molecular formula is C42H65N13O11S2. The van der Waals surface area contributed by atoms with Crippen molar-refractivity contribution in [3.05, 3.63) is 35.9 Å². The maximum atomic E-state index is 14.5. The van der Waals surface area contributed by atoms with E-state index in [2.05, 4.69) is 37.2 Å². The Balaban J connectivity index is 2.04. The van der Waals surface area contributed by atoms with Crippen molar-refractivity contribution in [1.82, 2.24) is 42.1 Å². The largest absolute Gasteiger partial charge is 0.370 e. The first-order valence-corrected chi connectivity index (χ1v) is 24.7. The van der Waals surface area contributed by atoms with Crippen molar-refractivity contribution >= 4 is 86.6 Å². The number of nitrogens with two attached hydrogens (primary N) is 5. The second kappa shape index (κ2) is 28.4. The van der Waals surface area contributed by atoms with E-state index in [1.807, 2.05) is 0 Å². The molecule has 0 spiro atoms. The highest BCUT2D eigenvalue weighted by Gasteiger charge is 2.41. The van der Waals surface area contributed by atoms with E-state index in [1.54, 1.807) is 44.2 Å². The highest BCUT2D eigenvalue weighted by molar-refractivity contribution is 8.76. The van der Waals surface area contributed by atoms with Gasteiger partial charge < -0.3 is 70.8 Å². The molecule has 376 valence electrons. The van der Waals surface area contributed by atoms with Crippen LogP contribution in [0.25, 0.3) is 0 Å². The number of hydrogen-bond donors (Lipinski definition) is 12. The van der Waals surface area contributed by atoms with Gasteiger partial charge in [0.2, 0.25) is 65.0 Å². The zero-order chi connectivity index (χ0) is 50.5. The molecule has 1 aromatic carbocycles. The molecule has 2 aliphatic heterocycles. The summed E-state index contributed by atoms with van der Waals surface area (Å²) in [5, 5.41) is 17.9. The first-order valence-electron chi connectivity index (χ1n) is 22.2. The molecule has 2 saturated heterocycles. The first-order chi connectivity index (χ1) is 32.2. The van der Waals surface area contributed by atoms with Gasteiger partial charge in [-0.3, -0.25) is 52.7 Å². The third-order valence-electron chi connectivity index (χ3n) is 11.2. The van der Waals surface area contributed by atoms with Crippen LogP contribution in [-0.2, 0) is 59.2 Å². The van der Waals surface area contributed by atoms with E-state index in [4.69, 9.17) is 28.7 Å². The van der Waals surface area contributed by atoms with Gasteiger partial charge in [-0.15, -0.1) is 0 Å². The Morgan fingerprint density at radius 1 is 0.794 bits per heavy atom. The van der Waals surface area contributed by atoms with Crippen molar-refractivity contribution in [3.63, 3.8) is 0 Å². The van der Waals surface area contributed by atoms with Crippen LogP contribution in [0.2, 0.25) is 0 Å². The lowest BCUT2D eigenvalue weighted by molar-refractivity contribution is -0.142. The van der Waals surface area contributed by atoms with E-state index < -0.39 is 139 Å². The summed E-state index contributed by atoms with van der Waals surface area (Å²) in [4.78, 5) is 148. The number of nitrogens with one attached hydrogen (secondary N) is 7. The third kappa shape index (κ3) is 18.2. The summed E-state index contributed by atoms with van der Waals surface area (Å²) >= 11 is 0. The van der Waals surface area contributed by atoms with Gasteiger partial charge in [0, 0.05) is 30.9 Å². The van der Waals surface area contributed by atoms with Gasteiger partial charge in [-0.2, -0.15) is 0 Å².